The van der Waals surface area contributed by atoms with Crippen LogP contribution in [0.5, 0.6) is 11.5 Å². The number of phenols is 2. The number of amides is 3. The average Bonchev–Trinajstić information content (AvgIpc) is 2.94. The summed E-state index contributed by atoms with van der Waals surface area (Å²) < 4.78 is 0. The van der Waals surface area contributed by atoms with Gasteiger partial charge in [-0.3, -0.25) is 24.0 Å². The second kappa shape index (κ2) is 16.3. The van der Waals surface area contributed by atoms with Gasteiger partial charge in [-0.1, -0.05) is 24.3 Å². The van der Waals surface area contributed by atoms with E-state index in [1.54, 1.807) is 12.1 Å². The number of carbonyl (C=O) groups is 6. The Morgan fingerprint density at radius 3 is 1.44 bits per heavy atom. The van der Waals surface area contributed by atoms with Crippen molar-refractivity contribution in [3.63, 3.8) is 0 Å². The molecule has 15 nitrogen and oxygen atoms in total. The fourth-order valence-electron chi connectivity index (χ4n) is 3.94. The minimum Gasteiger partial charge on any atom is -0.508 e. The molecular formula is C28H34N4O11. The molecule has 43 heavy (non-hydrogen) atoms. The van der Waals surface area contributed by atoms with Crippen molar-refractivity contribution in [3.8, 4) is 11.5 Å². The first-order chi connectivity index (χ1) is 20.2. The van der Waals surface area contributed by atoms with E-state index in [9.17, 15) is 44.1 Å². The zero-order valence-electron chi connectivity index (χ0n) is 22.9. The van der Waals surface area contributed by atoms with Crippen LogP contribution in [0.15, 0.2) is 48.5 Å². The molecule has 10 N–H and O–H groups in total. The Balaban J connectivity index is 2.25. The van der Waals surface area contributed by atoms with E-state index in [0.29, 0.717) is 11.1 Å². The molecule has 0 aliphatic rings. The summed E-state index contributed by atoms with van der Waals surface area (Å²) in [5.74, 6) is -6.88. The lowest BCUT2D eigenvalue weighted by molar-refractivity contribution is -0.144. The molecule has 0 aromatic heterocycles. The van der Waals surface area contributed by atoms with E-state index in [1.807, 2.05) is 0 Å². The topological polar surface area (TPSA) is 266 Å². The molecule has 232 valence electrons. The van der Waals surface area contributed by atoms with Crippen LogP contribution >= 0.6 is 0 Å². The number of benzene rings is 2. The maximum Gasteiger partial charge on any atom is 0.326 e. The van der Waals surface area contributed by atoms with Crippen molar-refractivity contribution in [1.82, 2.24) is 16.0 Å². The van der Waals surface area contributed by atoms with Crippen molar-refractivity contribution in [3.05, 3.63) is 59.7 Å². The number of nitrogens with one attached hydrogen (secondary N) is 3. The number of nitrogens with two attached hydrogens (primary N) is 1. The highest BCUT2D eigenvalue weighted by molar-refractivity contribution is 5.94. The van der Waals surface area contributed by atoms with E-state index in [4.69, 9.17) is 15.9 Å². The molecule has 2 aromatic carbocycles. The molecule has 0 aliphatic heterocycles. The summed E-state index contributed by atoms with van der Waals surface area (Å²) in [4.78, 5) is 72.9. The largest absolute Gasteiger partial charge is 0.508 e. The molecule has 0 fully saturated rings. The molecule has 0 spiro atoms. The van der Waals surface area contributed by atoms with Crippen LogP contribution in [-0.4, -0.2) is 85.3 Å². The maximum absolute atomic E-state index is 13.4. The Morgan fingerprint density at radius 2 is 0.977 bits per heavy atom. The normalized spacial score (nSPS) is 13.5. The van der Waals surface area contributed by atoms with Gasteiger partial charge in [0.2, 0.25) is 17.7 Å². The quantitative estimate of drug-likeness (QED) is 0.111. The molecule has 0 aliphatic carbocycles. The van der Waals surface area contributed by atoms with E-state index in [1.165, 1.54) is 36.4 Å². The first-order valence-electron chi connectivity index (χ1n) is 13.1. The number of hydrogen-bond acceptors (Lipinski definition) is 9. The minimum atomic E-state index is -1.63. The van der Waals surface area contributed by atoms with Crippen LogP contribution in [0.2, 0.25) is 0 Å². The van der Waals surface area contributed by atoms with Gasteiger partial charge >= 0.3 is 17.9 Å². The predicted molar refractivity (Wildman–Crippen MR) is 149 cm³/mol. The number of carboxylic acids is 3. The summed E-state index contributed by atoms with van der Waals surface area (Å²) in [5.41, 5.74) is 7.17. The number of phenolic OH excluding ortho intramolecular Hbond substituents is 2. The summed E-state index contributed by atoms with van der Waals surface area (Å²) in [6, 6.07) is 6.01. The first kappa shape index (κ1) is 34.0. The summed E-state index contributed by atoms with van der Waals surface area (Å²) in [7, 11) is 0. The molecule has 2 aromatic rings. The van der Waals surface area contributed by atoms with Crippen LogP contribution < -0.4 is 21.7 Å². The van der Waals surface area contributed by atoms with Crippen molar-refractivity contribution in [1.29, 1.82) is 0 Å². The Kier molecular flexibility index (Phi) is 12.9. The second-order valence-electron chi connectivity index (χ2n) is 9.73. The number of hydrogen-bond donors (Lipinski definition) is 9. The second-order valence-corrected chi connectivity index (χ2v) is 9.73. The SMILES string of the molecule is N[C@@H](Cc1ccc(O)cc1)C(=O)N[C@@H](Cc1ccc(O)cc1)C(=O)N[C@@H](CCC(=O)O)C(=O)N[C@@H](CCC(=O)O)C(=O)O. The zero-order chi connectivity index (χ0) is 32.1. The van der Waals surface area contributed by atoms with E-state index >= 15 is 0 Å². The van der Waals surface area contributed by atoms with Crippen molar-refractivity contribution < 1.29 is 54.3 Å². The highest BCUT2D eigenvalue weighted by atomic mass is 16.4. The van der Waals surface area contributed by atoms with Crippen LogP contribution in [0.3, 0.4) is 0 Å². The van der Waals surface area contributed by atoms with E-state index < -0.39 is 85.5 Å². The molecule has 15 heteroatoms. The average molecular weight is 603 g/mol. The van der Waals surface area contributed by atoms with Crippen LogP contribution in [0.1, 0.15) is 36.8 Å². The van der Waals surface area contributed by atoms with Gasteiger partial charge in [0.1, 0.15) is 29.6 Å². The lowest BCUT2D eigenvalue weighted by atomic mass is 10.0. The number of carboxylic acid groups (broad SMARTS) is 3. The molecule has 2 rings (SSSR count). The molecule has 0 saturated carbocycles. The van der Waals surface area contributed by atoms with E-state index in [0.717, 1.165) is 0 Å². The van der Waals surface area contributed by atoms with Gasteiger partial charge in [-0.05, 0) is 54.7 Å². The highest BCUT2D eigenvalue weighted by Gasteiger charge is 2.31. The number of rotatable bonds is 17. The standard InChI is InChI=1S/C28H34N4O11/c29-19(13-15-1-5-17(33)6-2-15)25(39)32-22(14-16-3-7-18(34)8-4-16)27(41)30-20(9-11-23(35)36)26(40)31-21(28(42)43)10-12-24(37)38/h1-8,19-22,33-34H,9-14,29H2,(H,30,41)(H,31,40)(H,32,39)(H,35,36)(H,37,38)(H,42,43)/t19-,20-,21-,22-/m0/s1. The van der Waals surface area contributed by atoms with Gasteiger partial charge in [0.05, 0.1) is 6.04 Å². The monoisotopic (exact) mass is 602 g/mol. The van der Waals surface area contributed by atoms with Crippen molar-refractivity contribution in [2.24, 2.45) is 5.73 Å². The molecule has 4 atom stereocenters. The Morgan fingerprint density at radius 1 is 0.581 bits per heavy atom. The molecule has 0 heterocycles. The Labute approximate surface area is 245 Å². The fraction of sp³-hybridized carbons (Fsp3) is 0.357. The summed E-state index contributed by atoms with van der Waals surface area (Å²) in [6.07, 6.45) is -2.15. The van der Waals surface area contributed by atoms with E-state index in [-0.39, 0.29) is 24.3 Å². The van der Waals surface area contributed by atoms with Gasteiger partial charge < -0.3 is 47.2 Å². The van der Waals surface area contributed by atoms with Crippen molar-refractivity contribution >= 4 is 35.6 Å². The Hall–Kier alpha value is -5.18. The molecule has 0 radical (unpaired) electrons. The smallest absolute Gasteiger partial charge is 0.326 e. The van der Waals surface area contributed by atoms with Crippen LogP contribution in [0.25, 0.3) is 0 Å². The van der Waals surface area contributed by atoms with Crippen LogP contribution in [0, 0.1) is 0 Å². The summed E-state index contributed by atoms with van der Waals surface area (Å²) >= 11 is 0. The molecule has 0 saturated heterocycles. The van der Waals surface area contributed by atoms with Gasteiger partial charge in [0.15, 0.2) is 0 Å². The number of aromatic hydroxyl groups is 2. The molecule has 0 unspecified atom stereocenters. The van der Waals surface area contributed by atoms with Gasteiger partial charge in [0, 0.05) is 19.3 Å². The Bertz CT molecular complexity index is 1300. The van der Waals surface area contributed by atoms with Crippen molar-refractivity contribution in [2.45, 2.75) is 62.7 Å². The van der Waals surface area contributed by atoms with Crippen molar-refractivity contribution in [2.75, 3.05) is 0 Å². The fourth-order valence-corrected chi connectivity index (χ4v) is 3.94. The molecule has 0 bridgehead atoms. The lowest BCUT2D eigenvalue weighted by Crippen LogP contribution is -2.57. The molecular weight excluding hydrogens is 568 g/mol. The third-order valence-electron chi connectivity index (χ3n) is 6.28. The third kappa shape index (κ3) is 12.1. The van der Waals surface area contributed by atoms with Gasteiger partial charge in [-0.2, -0.15) is 0 Å². The van der Waals surface area contributed by atoms with Gasteiger partial charge in [-0.25, -0.2) is 4.79 Å². The van der Waals surface area contributed by atoms with Gasteiger partial charge in [0.25, 0.3) is 0 Å². The minimum absolute atomic E-state index is 0.0189. The summed E-state index contributed by atoms with van der Waals surface area (Å²) in [6.45, 7) is 0. The summed E-state index contributed by atoms with van der Waals surface area (Å²) in [5, 5.41) is 53.4. The van der Waals surface area contributed by atoms with Gasteiger partial charge in [-0.15, -0.1) is 0 Å². The third-order valence-corrected chi connectivity index (χ3v) is 6.28. The molecule has 3 amide bonds. The maximum atomic E-state index is 13.4. The number of carbonyl (C=O) groups excluding carboxylic acids is 3. The zero-order valence-corrected chi connectivity index (χ0v) is 22.9. The number of aliphatic carboxylic acids is 3. The van der Waals surface area contributed by atoms with E-state index in [2.05, 4.69) is 16.0 Å². The first-order valence-corrected chi connectivity index (χ1v) is 13.1. The predicted octanol–water partition coefficient (Wildman–Crippen LogP) is -0.521. The highest BCUT2D eigenvalue weighted by Crippen LogP contribution is 2.14. The van der Waals surface area contributed by atoms with Crippen LogP contribution in [0.4, 0.5) is 0 Å². The lowest BCUT2D eigenvalue weighted by Gasteiger charge is -2.25. The van der Waals surface area contributed by atoms with Crippen LogP contribution in [-0.2, 0) is 41.6 Å².